The van der Waals surface area contributed by atoms with E-state index in [2.05, 4.69) is 26.5 Å². The first-order valence-electron chi connectivity index (χ1n) is 9.22. The molecule has 4 atom stereocenters. The number of carbonyl (C=O) groups is 1. The Kier molecular flexibility index (Phi) is 6.64. The first kappa shape index (κ1) is 19.9. The number of ether oxygens (including phenoxy) is 2. The summed E-state index contributed by atoms with van der Waals surface area (Å²) in [6.07, 6.45) is 9.00. The average molecular weight is 348 g/mol. The minimum atomic E-state index is -0.444. The monoisotopic (exact) mass is 348 g/mol. The smallest absolute Gasteiger partial charge is 0.333 e. The maximum absolute atomic E-state index is 11.9. The van der Waals surface area contributed by atoms with E-state index in [1.54, 1.807) is 0 Å². The Morgan fingerprint density at radius 3 is 2.80 bits per heavy atom. The van der Waals surface area contributed by atoms with Crippen molar-refractivity contribution in [2.45, 2.75) is 77.1 Å². The Labute approximate surface area is 151 Å². The minimum Gasteiger partial charge on any atom is -0.466 e. The molecule has 1 heterocycles. The maximum Gasteiger partial charge on any atom is 0.333 e. The quantitative estimate of drug-likeness (QED) is 0.353. The summed E-state index contributed by atoms with van der Waals surface area (Å²) in [5, 5.41) is 10.4. The highest BCUT2D eigenvalue weighted by atomic mass is 16.6. The third-order valence-electron chi connectivity index (χ3n) is 5.67. The zero-order valence-corrected chi connectivity index (χ0v) is 16.0. The summed E-state index contributed by atoms with van der Waals surface area (Å²) >= 11 is 0. The van der Waals surface area contributed by atoms with E-state index in [9.17, 15) is 9.90 Å². The summed E-state index contributed by atoms with van der Waals surface area (Å²) in [7, 11) is 1.38. The molecule has 0 saturated carbocycles. The summed E-state index contributed by atoms with van der Waals surface area (Å²) in [4.78, 5) is 11.9. The normalized spacial score (nSPS) is 34.0. The molecule has 1 aliphatic heterocycles. The van der Waals surface area contributed by atoms with Crippen LogP contribution in [0.25, 0.3) is 0 Å². The van der Waals surface area contributed by atoms with Gasteiger partial charge in [0.1, 0.15) is 0 Å². The zero-order chi connectivity index (χ0) is 18.6. The number of carbonyl (C=O) groups excluding carboxylic acids is 1. The molecule has 4 nitrogen and oxygen atoms in total. The largest absolute Gasteiger partial charge is 0.466 e. The van der Waals surface area contributed by atoms with Gasteiger partial charge in [-0.05, 0) is 70.8 Å². The van der Waals surface area contributed by atoms with Gasteiger partial charge in [-0.3, -0.25) is 0 Å². The second kappa shape index (κ2) is 8.33. The van der Waals surface area contributed by atoms with Gasteiger partial charge in [0.25, 0.3) is 0 Å². The van der Waals surface area contributed by atoms with Crippen LogP contribution >= 0.6 is 0 Å². The Balaban J connectivity index is 2.17. The molecule has 4 unspecified atom stereocenters. The number of allylic oxidation sites excluding steroid dienone is 3. The number of aliphatic hydroxyl groups is 1. The number of epoxide rings is 1. The number of aliphatic hydroxyl groups excluding tert-OH is 1. The minimum absolute atomic E-state index is 0.0263. The molecule has 0 radical (unpaired) electrons. The van der Waals surface area contributed by atoms with Crippen LogP contribution in [0.1, 0.15) is 59.3 Å². The Hall–Kier alpha value is -1.39. The molecule has 25 heavy (non-hydrogen) atoms. The molecule has 1 N–H and O–H groups in total. The van der Waals surface area contributed by atoms with Gasteiger partial charge in [0.15, 0.2) is 0 Å². The molecule has 1 fully saturated rings. The second-order valence-corrected chi connectivity index (χ2v) is 7.70. The highest BCUT2D eigenvalue weighted by molar-refractivity contribution is 5.88. The molecule has 0 bridgehead atoms. The lowest BCUT2D eigenvalue weighted by Crippen LogP contribution is -2.19. The van der Waals surface area contributed by atoms with Gasteiger partial charge in [-0.1, -0.05) is 24.3 Å². The van der Waals surface area contributed by atoms with E-state index in [4.69, 9.17) is 9.47 Å². The van der Waals surface area contributed by atoms with Crippen LogP contribution < -0.4 is 0 Å². The van der Waals surface area contributed by atoms with Crippen molar-refractivity contribution in [1.29, 1.82) is 0 Å². The lowest BCUT2D eigenvalue weighted by atomic mass is 9.86. The molecular formula is C21H32O4. The molecule has 2 rings (SSSR count). The predicted octanol–water partition coefficient (Wildman–Crippen LogP) is 4.10. The summed E-state index contributed by atoms with van der Waals surface area (Å²) in [5.74, 6) is -0.389. The maximum atomic E-state index is 11.9. The lowest BCUT2D eigenvalue weighted by Gasteiger charge is -2.18. The van der Waals surface area contributed by atoms with E-state index < -0.39 is 6.10 Å². The third kappa shape index (κ3) is 5.29. The van der Waals surface area contributed by atoms with Gasteiger partial charge in [0.05, 0.1) is 24.9 Å². The second-order valence-electron chi connectivity index (χ2n) is 7.70. The SMILES string of the molecule is C=C(C(=O)OC)C1CC=C(C)C(O)CCC(C)=CCCC2(C)OC2C1. The fourth-order valence-corrected chi connectivity index (χ4v) is 3.51. The van der Waals surface area contributed by atoms with Gasteiger partial charge >= 0.3 is 5.97 Å². The van der Waals surface area contributed by atoms with Crippen molar-refractivity contribution in [2.24, 2.45) is 5.92 Å². The molecule has 0 spiro atoms. The summed E-state index contributed by atoms with van der Waals surface area (Å²) < 4.78 is 10.8. The molecular weight excluding hydrogens is 316 g/mol. The molecule has 0 aromatic rings. The van der Waals surface area contributed by atoms with Gasteiger partial charge in [-0.2, -0.15) is 0 Å². The van der Waals surface area contributed by atoms with Crippen LogP contribution in [0.5, 0.6) is 0 Å². The Morgan fingerprint density at radius 2 is 2.12 bits per heavy atom. The number of hydrogen-bond acceptors (Lipinski definition) is 4. The van der Waals surface area contributed by atoms with E-state index in [0.29, 0.717) is 12.0 Å². The first-order chi connectivity index (χ1) is 11.8. The Bertz CT molecular complexity index is 574. The number of fused-ring (bicyclic) bond motifs is 1. The summed E-state index contributed by atoms with van der Waals surface area (Å²) in [6.45, 7) is 10.2. The van der Waals surface area contributed by atoms with E-state index >= 15 is 0 Å². The van der Waals surface area contributed by atoms with Gasteiger partial charge in [-0.25, -0.2) is 4.79 Å². The average Bonchev–Trinajstić information content (AvgIpc) is 3.23. The van der Waals surface area contributed by atoms with Crippen molar-refractivity contribution in [2.75, 3.05) is 7.11 Å². The van der Waals surface area contributed by atoms with Crippen molar-refractivity contribution in [3.63, 3.8) is 0 Å². The molecule has 4 heteroatoms. The highest BCUT2D eigenvalue weighted by Crippen LogP contribution is 2.45. The standard InChI is InChI=1S/C21H32O4/c1-14-7-6-12-21(4)19(25-21)13-17(16(3)20(23)24-5)10-9-15(2)18(22)11-8-14/h7,9,17-19,22H,3,6,8,10-13H2,1-2,4-5H3. The van der Waals surface area contributed by atoms with Gasteiger partial charge < -0.3 is 14.6 Å². The van der Waals surface area contributed by atoms with Crippen molar-refractivity contribution >= 4 is 5.97 Å². The Morgan fingerprint density at radius 1 is 1.40 bits per heavy atom. The number of esters is 1. The predicted molar refractivity (Wildman–Crippen MR) is 99.1 cm³/mol. The van der Waals surface area contributed by atoms with Crippen molar-refractivity contribution in [3.05, 3.63) is 35.5 Å². The van der Waals surface area contributed by atoms with Crippen LogP contribution in [0, 0.1) is 5.92 Å². The van der Waals surface area contributed by atoms with Crippen molar-refractivity contribution in [1.82, 2.24) is 0 Å². The topological polar surface area (TPSA) is 59.1 Å². The molecule has 0 amide bonds. The number of hydrogen-bond donors (Lipinski definition) is 1. The zero-order valence-electron chi connectivity index (χ0n) is 16.0. The van der Waals surface area contributed by atoms with E-state index in [1.165, 1.54) is 12.7 Å². The molecule has 2 aliphatic rings. The third-order valence-corrected chi connectivity index (χ3v) is 5.67. The number of methoxy groups -OCH3 is 1. The molecule has 0 aromatic carbocycles. The van der Waals surface area contributed by atoms with Gasteiger partial charge in [-0.15, -0.1) is 0 Å². The fraction of sp³-hybridized carbons (Fsp3) is 0.667. The summed E-state index contributed by atoms with van der Waals surface area (Å²) in [5.41, 5.74) is 2.66. The first-order valence-corrected chi connectivity index (χ1v) is 9.22. The molecule has 0 aromatic heterocycles. The highest BCUT2D eigenvalue weighted by Gasteiger charge is 2.52. The van der Waals surface area contributed by atoms with E-state index in [0.717, 1.165) is 37.7 Å². The molecule has 1 saturated heterocycles. The van der Waals surface area contributed by atoms with Crippen molar-refractivity contribution < 1.29 is 19.4 Å². The van der Waals surface area contributed by atoms with Crippen LogP contribution in [-0.2, 0) is 14.3 Å². The van der Waals surface area contributed by atoms with Crippen LogP contribution in [-0.4, -0.2) is 36.0 Å². The van der Waals surface area contributed by atoms with E-state index in [-0.39, 0.29) is 23.6 Å². The fourth-order valence-electron chi connectivity index (χ4n) is 3.51. The summed E-state index contributed by atoms with van der Waals surface area (Å²) in [6, 6.07) is 0. The van der Waals surface area contributed by atoms with Crippen LogP contribution in [0.2, 0.25) is 0 Å². The lowest BCUT2D eigenvalue weighted by molar-refractivity contribution is -0.136. The van der Waals surface area contributed by atoms with Crippen LogP contribution in [0.4, 0.5) is 0 Å². The molecule has 1 aliphatic carbocycles. The van der Waals surface area contributed by atoms with Crippen LogP contribution in [0.3, 0.4) is 0 Å². The van der Waals surface area contributed by atoms with Crippen molar-refractivity contribution in [3.8, 4) is 0 Å². The molecule has 140 valence electrons. The van der Waals surface area contributed by atoms with E-state index in [1.807, 2.05) is 13.0 Å². The van der Waals surface area contributed by atoms with Crippen LogP contribution in [0.15, 0.2) is 35.5 Å². The number of rotatable bonds is 2. The van der Waals surface area contributed by atoms with Gasteiger partial charge in [0.2, 0.25) is 0 Å². The van der Waals surface area contributed by atoms with Gasteiger partial charge in [0, 0.05) is 5.57 Å².